The Morgan fingerprint density at radius 3 is 2.75 bits per heavy atom. The summed E-state index contributed by atoms with van der Waals surface area (Å²) >= 11 is 0. The molecule has 0 unspecified atom stereocenters. The number of hydrogen-bond donors (Lipinski definition) is 2. The number of hydrogen-bond acceptors (Lipinski definition) is 5. The van der Waals surface area contributed by atoms with Gasteiger partial charge in [0.05, 0.1) is 17.1 Å². The summed E-state index contributed by atoms with van der Waals surface area (Å²) in [5, 5.41) is 9.22. The molecule has 1 aliphatic heterocycles. The molecule has 0 aliphatic carbocycles. The van der Waals surface area contributed by atoms with Crippen molar-refractivity contribution in [1.29, 1.82) is 0 Å². The fraction of sp³-hybridized carbons (Fsp3) is 0.462. The Bertz CT molecular complexity index is 613. The molecule has 3 N–H and O–H groups in total. The minimum atomic E-state index is -2.96. The molecule has 0 bridgehead atoms. The van der Waals surface area contributed by atoms with E-state index in [9.17, 15) is 18.3 Å². The number of nitrogen functional groups attached to an aromatic ring is 1. The number of nitrogens with two attached hydrogens (primary N) is 1. The van der Waals surface area contributed by atoms with E-state index in [1.54, 1.807) is 18.2 Å². The van der Waals surface area contributed by atoms with Gasteiger partial charge in [0.1, 0.15) is 0 Å². The number of carboxylic acid groups (broad SMARTS) is 1. The first-order chi connectivity index (χ1) is 9.39. The Kier molecular flexibility index (Phi) is 4.29. The van der Waals surface area contributed by atoms with Gasteiger partial charge in [-0.15, -0.1) is 0 Å². The van der Waals surface area contributed by atoms with Crippen LogP contribution in [0.4, 0.5) is 5.69 Å². The van der Waals surface area contributed by atoms with Crippen molar-refractivity contribution in [3.8, 4) is 0 Å². The van der Waals surface area contributed by atoms with E-state index in [0.717, 1.165) is 0 Å². The number of carbonyl (C=O) groups is 1. The Balaban J connectivity index is 2.18. The molecule has 1 aromatic carbocycles. The van der Waals surface area contributed by atoms with E-state index >= 15 is 0 Å². The van der Waals surface area contributed by atoms with Crippen molar-refractivity contribution < 1.29 is 18.3 Å². The first-order valence-corrected chi connectivity index (χ1v) is 8.24. The van der Waals surface area contributed by atoms with E-state index in [0.29, 0.717) is 31.6 Å². The van der Waals surface area contributed by atoms with Gasteiger partial charge in [-0.05, 0) is 24.6 Å². The molecule has 1 heterocycles. The zero-order valence-electron chi connectivity index (χ0n) is 11.1. The number of aromatic carboxylic acids is 1. The molecule has 1 fully saturated rings. The Labute approximate surface area is 118 Å². The lowest BCUT2D eigenvalue weighted by Gasteiger charge is -2.20. The van der Waals surface area contributed by atoms with Gasteiger partial charge >= 0.3 is 5.97 Å². The van der Waals surface area contributed by atoms with Crippen molar-refractivity contribution in [2.24, 2.45) is 0 Å². The quantitative estimate of drug-likeness (QED) is 0.792. The largest absolute Gasteiger partial charge is 0.478 e. The highest BCUT2D eigenvalue weighted by atomic mass is 32.2. The first-order valence-electron chi connectivity index (χ1n) is 6.42. The molecule has 0 atom stereocenters. The maximum Gasteiger partial charge on any atom is 0.338 e. The second kappa shape index (κ2) is 5.80. The van der Waals surface area contributed by atoms with Crippen LogP contribution in [-0.4, -0.2) is 49.0 Å². The van der Waals surface area contributed by atoms with E-state index in [1.807, 2.05) is 4.90 Å². The number of rotatable bonds is 3. The van der Waals surface area contributed by atoms with Gasteiger partial charge in [-0.1, -0.05) is 12.1 Å². The van der Waals surface area contributed by atoms with E-state index < -0.39 is 15.8 Å². The normalized spacial score (nSPS) is 19.4. The maximum absolute atomic E-state index is 11.6. The number of nitrogens with zero attached hydrogens (tertiary/aromatic N) is 1. The SMILES string of the molecule is Nc1cccc(CN2CCCS(=O)(=O)CC2)c1C(=O)O. The van der Waals surface area contributed by atoms with Crippen LogP contribution < -0.4 is 5.73 Å². The lowest BCUT2D eigenvalue weighted by Crippen LogP contribution is -2.27. The number of sulfone groups is 1. The number of carboxylic acids is 1. The summed E-state index contributed by atoms with van der Waals surface area (Å²) in [6, 6.07) is 4.99. The van der Waals surface area contributed by atoms with Crippen LogP contribution in [0.1, 0.15) is 22.3 Å². The monoisotopic (exact) mass is 298 g/mol. The molecule has 0 aromatic heterocycles. The highest BCUT2D eigenvalue weighted by molar-refractivity contribution is 7.91. The van der Waals surface area contributed by atoms with Gasteiger partial charge in [0.15, 0.2) is 9.84 Å². The second-order valence-electron chi connectivity index (χ2n) is 4.97. The van der Waals surface area contributed by atoms with Crippen molar-refractivity contribution >= 4 is 21.5 Å². The zero-order valence-corrected chi connectivity index (χ0v) is 11.9. The molecule has 1 aromatic rings. The standard InChI is InChI=1S/C13H18N2O4S/c14-11-4-1-3-10(12(11)13(16)17)9-15-5-2-7-20(18,19)8-6-15/h1,3-4H,2,5-9,14H2,(H,16,17). The molecule has 110 valence electrons. The first kappa shape index (κ1) is 14.8. The third-order valence-corrected chi connectivity index (χ3v) is 5.15. The Morgan fingerprint density at radius 2 is 2.05 bits per heavy atom. The molecular weight excluding hydrogens is 280 g/mol. The van der Waals surface area contributed by atoms with E-state index in [-0.39, 0.29) is 22.8 Å². The van der Waals surface area contributed by atoms with Gasteiger partial charge in [-0.25, -0.2) is 13.2 Å². The van der Waals surface area contributed by atoms with Gasteiger partial charge in [0.2, 0.25) is 0 Å². The minimum absolute atomic E-state index is 0.111. The van der Waals surface area contributed by atoms with Crippen molar-refractivity contribution in [1.82, 2.24) is 4.90 Å². The lowest BCUT2D eigenvalue weighted by atomic mass is 10.0. The van der Waals surface area contributed by atoms with Gasteiger partial charge in [0, 0.05) is 18.8 Å². The van der Waals surface area contributed by atoms with Crippen molar-refractivity contribution in [3.63, 3.8) is 0 Å². The summed E-state index contributed by atoms with van der Waals surface area (Å²) in [5.41, 5.74) is 6.67. The van der Waals surface area contributed by atoms with Gasteiger partial charge in [0.25, 0.3) is 0 Å². The molecule has 0 saturated carbocycles. The minimum Gasteiger partial charge on any atom is -0.478 e. The van der Waals surface area contributed by atoms with E-state index in [2.05, 4.69) is 0 Å². The number of benzene rings is 1. The smallest absolute Gasteiger partial charge is 0.338 e. The average molecular weight is 298 g/mol. The van der Waals surface area contributed by atoms with Crippen LogP contribution in [0.25, 0.3) is 0 Å². The van der Waals surface area contributed by atoms with Crippen molar-refractivity contribution in [2.45, 2.75) is 13.0 Å². The zero-order chi connectivity index (χ0) is 14.8. The topological polar surface area (TPSA) is 101 Å². The third-order valence-electron chi connectivity index (χ3n) is 3.44. The highest BCUT2D eigenvalue weighted by Crippen LogP contribution is 2.19. The molecule has 2 rings (SSSR count). The molecule has 7 heteroatoms. The van der Waals surface area contributed by atoms with Crippen LogP contribution in [0.2, 0.25) is 0 Å². The van der Waals surface area contributed by atoms with Crippen LogP contribution in [0.15, 0.2) is 18.2 Å². The predicted octanol–water partition coefficient (Wildman–Crippen LogP) is 0.588. The lowest BCUT2D eigenvalue weighted by molar-refractivity contribution is 0.0695. The summed E-state index contributed by atoms with van der Waals surface area (Å²) in [6.07, 6.45) is 0.576. The fourth-order valence-electron chi connectivity index (χ4n) is 2.40. The Hall–Kier alpha value is -1.60. The molecule has 20 heavy (non-hydrogen) atoms. The van der Waals surface area contributed by atoms with Gasteiger partial charge < -0.3 is 10.8 Å². The molecular formula is C13H18N2O4S. The van der Waals surface area contributed by atoms with Crippen LogP contribution >= 0.6 is 0 Å². The van der Waals surface area contributed by atoms with Crippen molar-refractivity contribution in [3.05, 3.63) is 29.3 Å². The summed E-state index contributed by atoms with van der Waals surface area (Å²) < 4.78 is 23.1. The summed E-state index contributed by atoms with van der Waals surface area (Å²) in [4.78, 5) is 13.2. The molecule has 6 nitrogen and oxygen atoms in total. The van der Waals surface area contributed by atoms with Crippen LogP contribution in [0.3, 0.4) is 0 Å². The molecule has 0 spiro atoms. The predicted molar refractivity (Wildman–Crippen MR) is 76.4 cm³/mol. The summed E-state index contributed by atoms with van der Waals surface area (Å²) in [6.45, 7) is 1.48. The third kappa shape index (κ3) is 3.49. The van der Waals surface area contributed by atoms with E-state index in [4.69, 9.17) is 5.73 Å². The fourth-order valence-corrected chi connectivity index (χ4v) is 3.71. The average Bonchev–Trinajstić information content (AvgIpc) is 2.50. The van der Waals surface area contributed by atoms with E-state index in [1.165, 1.54) is 0 Å². The molecule has 1 saturated heterocycles. The van der Waals surface area contributed by atoms with Gasteiger partial charge in [-0.2, -0.15) is 0 Å². The summed E-state index contributed by atoms with van der Waals surface area (Å²) in [7, 11) is -2.96. The second-order valence-corrected chi connectivity index (χ2v) is 7.27. The molecule has 0 amide bonds. The van der Waals surface area contributed by atoms with Crippen molar-refractivity contribution in [2.75, 3.05) is 30.3 Å². The van der Waals surface area contributed by atoms with Crippen LogP contribution in [0.5, 0.6) is 0 Å². The molecule has 0 radical (unpaired) electrons. The maximum atomic E-state index is 11.6. The van der Waals surface area contributed by atoms with Crippen LogP contribution in [0, 0.1) is 0 Å². The van der Waals surface area contributed by atoms with Crippen LogP contribution in [-0.2, 0) is 16.4 Å². The Morgan fingerprint density at radius 1 is 1.30 bits per heavy atom. The highest BCUT2D eigenvalue weighted by Gasteiger charge is 2.21. The summed E-state index contributed by atoms with van der Waals surface area (Å²) in [5.74, 6) is -0.732. The molecule has 1 aliphatic rings. The van der Waals surface area contributed by atoms with Gasteiger partial charge in [-0.3, -0.25) is 4.90 Å². The number of anilines is 1.